The summed E-state index contributed by atoms with van der Waals surface area (Å²) in [6.07, 6.45) is 0.522. The second kappa shape index (κ2) is 7.53. The molecule has 104 valence electrons. The number of nitrogens with one attached hydrogen (secondary N) is 1. The lowest BCUT2D eigenvalue weighted by molar-refractivity contribution is -0.141. The summed E-state index contributed by atoms with van der Waals surface area (Å²) in [6.45, 7) is 2.26. The van der Waals surface area contributed by atoms with Crippen molar-refractivity contribution in [3.63, 3.8) is 0 Å². The van der Waals surface area contributed by atoms with Gasteiger partial charge in [-0.05, 0) is 18.0 Å². The number of carboxylic acids is 1. The van der Waals surface area contributed by atoms with E-state index < -0.39 is 12.0 Å². The van der Waals surface area contributed by atoms with E-state index in [1.165, 1.54) is 0 Å². The molecule has 5 nitrogen and oxygen atoms in total. The first kappa shape index (κ1) is 15.2. The van der Waals surface area contributed by atoms with E-state index in [0.29, 0.717) is 6.54 Å². The summed E-state index contributed by atoms with van der Waals surface area (Å²) in [5, 5.41) is 11.7. The Kier molecular flexibility index (Phi) is 6.02. The molecule has 0 spiro atoms. The number of carboxylic acid groups (broad SMARTS) is 1. The van der Waals surface area contributed by atoms with Crippen LogP contribution in [0.1, 0.15) is 18.9 Å². The number of hydrogen-bond donors (Lipinski definition) is 3. The first-order chi connectivity index (χ1) is 9.02. The summed E-state index contributed by atoms with van der Waals surface area (Å²) in [5.41, 5.74) is 6.32. The van der Waals surface area contributed by atoms with Gasteiger partial charge in [-0.3, -0.25) is 4.79 Å². The van der Waals surface area contributed by atoms with Crippen molar-refractivity contribution in [2.24, 2.45) is 11.7 Å². The fourth-order valence-corrected chi connectivity index (χ4v) is 1.70. The van der Waals surface area contributed by atoms with Crippen LogP contribution in [0.15, 0.2) is 30.3 Å². The van der Waals surface area contributed by atoms with Crippen LogP contribution in [0.2, 0.25) is 0 Å². The maximum Gasteiger partial charge on any atom is 0.326 e. The number of carbonyl (C=O) groups excluding carboxylic acids is 1. The predicted molar refractivity (Wildman–Crippen MR) is 72.5 cm³/mol. The minimum absolute atomic E-state index is 0.0474. The topological polar surface area (TPSA) is 92.4 Å². The van der Waals surface area contributed by atoms with Crippen molar-refractivity contribution in [2.45, 2.75) is 25.8 Å². The van der Waals surface area contributed by atoms with Crippen LogP contribution in [0.25, 0.3) is 0 Å². The predicted octanol–water partition coefficient (Wildman–Crippen LogP) is 0.783. The van der Waals surface area contributed by atoms with Crippen LogP contribution in [-0.2, 0) is 16.0 Å². The highest BCUT2D eigenvalue weighted by atomic mass is 16.4. The second-order valence-electron chi connectivity index (χ2n) is 4.69. The molecule has 1 aromatic rings. The number of carbonyl (C=O) groups is 2. The molecule has 0 fully saturated rings. The third-order valence-electron chi connectivity index (χ3n) is 2.85. The van der Waals surface area contributed by atoms with Gasteiger partial charge < -0.3 is 16.2 Å². The number of amides is 1. The molecule has 0 aromatic heterocycles. The normalized spacial score (nSPS) is 13.6. The van der Waals surface area contributed by atoms with Gasteiger partial charge in [-0.25, -0.2) is 4.79 Å². The van der Waals surface area contributed by atoms with Crippen LogP contribution in [-0.4, -0.2) is 29.6 Å². The maximum atomic E-state index is 11.7. The Labute approximate surface area is 112 Å². The van der Waals surface area contributed by atoms with Crippen molar-refractivity contribution >= 4 is 11.9 Å². The Balaban J connectivity index is 2.59. The van der Waals surface area contributed by atoms with E-state index in [9.17, 15) is 9.59 Å². The lowest BCUT2D eigenvalue weighted by Crippen LogP contribution is -2.43. The Hall–Kier alpha value is -1.88. The number of aliphatic carboxylic acids is 1. The summed E-state index contributed by atoms with van der Waals surface area (Å²) in [6, 6.07) is 8.31. The van der Waals surface area contributed by atoms with Gasteiger partial charge in [0.2, 0.25) is 5.91 Å². The van der Waals surface area contributed by atoms with Gasteiger partial charge in [0.05, 0.1) is 0 Å². The quantitative estimate of drug-likeness (QED) is 0.678. The summed E-state index contributed by atoms with van der Waals surface area (Å²) in [5.74, 6) is -1.26. The van der Waals surface area contributed by atoms with E-state index in [1.807, 2.05) is 37.3 Å². The van der Waals surface area contributed by atoms with Crippen LogP contribution in [0.5, 0.6) is 0 Å². The van der Waals surface area contributed by atoms with E-state index in [0.717, 1.165) is 5.56 Å². The molecule has 19 heavy (non-hydrogen) atoms. The minimum Gasteiger partial charge on any atom is -0.480 e. The molecular formula is C14H20N2O3. The monoisotopic (exact) mass is 264 g/mol. The molecule has 4 N–H and O–H groups in total. The largest absolute Gasteiger partial charge is 0.480 e. The zero-order valence-corrected chi connectivity index (χ0v) is 11.0. The van der Waals surface area contributed by atoms with Gasteiger partial charge in [-0.1, -0.05) is 37.3 Å². The van der Waals surface area contributed by atoms with Crippen LogP contribution >= 0.6 is 0 Å². The van der Waals surface area contributed by atoms with Gasteiger partial charge in [-0.15, -0.1) is 0 Å². The SMILES string of the molecule is CC(CN)CC(=O)N[C@H](Cc1ccccc1)C(=O)O. The van der Waals surface area contributed by atoms with E-state index in [4.69, 9.17) is 10.8 Å². The summed E-state index contributed by atoms with van der Waals surface area (Å²) in [4.78, 5) is 22.8. The highest BCUT2D eigenvalue weighted by Gasteiger charge is 2.20. The van der Waals surface area contributed by atoms with Crippen molar-refractivity contribution < 1.29 is 14.7 Å². The van der Waals surface area contributed by atoms with Gasteiger partial charge in [0, 0.05) is 12.8 Å². The zero-order valence-electron chi connectivity index (χ0n) is 11.0. The fraction of sp³-hybridized carbons (Fsp3) is 0.429. The molecule has 0 heterocycles. The number of nitrogens with two attached hydrogens (primary N) is 1. The minimum atomic E-state index is -1.03. The van der Waals surface area contributed by atoms with Gasteiger partial charge in [0.1, 0.15) is 6.04 Å². The van der Waals surface area contributed by atoms with Crippen molar-refractivity contribution in [3.05, 3.63) is 35.9 Å². The van der Waals surface area contributed by atoms with Gasteiger partial charge >= 0.3 is 5.97 Å². The van der Waals surface area contributed by atoms with Crippen LogP contribution in [0, 0.1) is 5.92 Å². The summed E-state index contributed by atoms with van der Waals surface area (Å²) >= 11 is 0. The molecule has 0 aliphatic rings. The Bertz CT molecular complexity index is 420. The highest BCUT2D eigenvalue weighted by Crippen LogP contribution is 2.05. The van der Waals surface area contributed by atoms with Crippen LogP contribution < -0.4 is 11.1 Å². The molecular weight excluding hydrogens is 244 g/mol. The highest BCUT2D eigenvalue weighted by molar-refractivity contribution is 5.83. The first-order valence-electron chi connectivity index (χ1n) is 6.29. The van der Waals surface area contributed by atoms with Crippen LogP contribution in [0.4, 0.5) is 0 Å². The number of rotatable bonds is 7. The molecule has 5 heteroatoms. The Morgan fingerprint density at radius 2 is 1.95 bits per heavy atom. The molecule has 1 rings (SSSR count). The van der Waals surface area contributed by atoms with Crippen molar-refractivity contribution in [1.29, 1.82) is 0 Å². The number of benzene rings is 1. The van der Waals surface area contributed by atoms with E-state index >= 15 is 0 Å². The van der Waals surface area contributed by atoms with Gasteiger partial charge in [0.15, 0.2) is 0 Å². The van der Waals surface area contributed by atoms with Gasteiger partial charge in [0.25, 0.3) is 0 Å². The number of hydrogen-bond acceptors (Lipinski definition) is 3. The lowest BCUT2D eigenvalue weighted by atomic mass is 10.0. The third-order valence-corrected chi connectivity index (χ3v) is 2.85. The second-order valence-corrected chi connectivity index (χ2v) is 4.69. The van der Waals surface area contributed by atoms with Crippen molar-refractivity contribution in [2.75, 3.05) is 6.54 Å². The molecule has 2 atom stereocenters. The average Bonchev–Trinajstić information content (AvgIpc) is 2.38. The Morgan fingerprint density at radius 3 is 2.47 bits per heavy atom. The molecule has 0 saturated carbocycles. The first-order valence-corrected chi connectivity index (χ1v) is 6.29. The summed E-state index contributed by atoms with van der Waals surface area (Å²) in [7, 11) is 0. The molecule has 1 amide bonds. The van der Waals surface area contributed by atoms with E-state index in [1.54, 1.807) is 0 Å². The molecule has 1 unspecified atom stereocenters. The summed E-state index contributed by atoms with van der Waals surface area (Å²) < 4.78 is 0. The van der Waals surface area contributed by atoms with Crippen LogP contribution in [0.3, 0.4) is 0 Å². The van der Waals surface area contributed by atoms with Crippen molar-refractivity contribution in [1.82, 2.24) is 5.32 Å². The van der Waals surface area contributed by atoms with Crippen molar-refractivity contribution in [3.8, 4) is 0 Å². The molecule has 0 aliphatic heterocycles. The molecule has 0 bridgehead atoms. The molecule has 0 saturated heterocycles. The third kappa shape index (κ3) is 5.52. The molecule has 0 radical (unpaired) electrons. The van der Waals surface area contributed by atoms with Gasteiger partial charge in [-0.2, -0.15) is 0 Å². The zero-order chi connectivity index (χ0) is 14.3. The standard InChI is InChI=1S/C14H20N2O3/c1-10(9-15)7-13(17)16-12(14(18)19)8-11-5-3-2-4-6-11/h2-6,10,12H,7-9,15H2,1H3,(H,16,17)(H,18,19)/t10?,12-/m1/s1. The van der Waals surface area contributed by atoms with E-state index in [2.05, 4.69) is 5.32 Å². The average molecular weight is 264 g/mol. The smallest absolute Gasteiger partial charge is 0.326 e. The maximum absolute atomic E-state index is 11.7. The molecule has 1 aromatic carbocycles. The fourth-order valence-electron chi connectivity index (χ4n) is 1.70. The van der Waals surface area contributed by atoms with E-state index in [-0.39, 0.29) is 24.7 Å². The lowest BCUT2D eigenvalue weighted by Gasteiger charge is -2.16. The Morgan fingerprint density at radius 1 is 1.32 bits per heavy atom. The molecule has 0 aliphatic carbocycles.